The fourth-order valence-electron chi connectivity index (χ4n) is 5.88. The molecule has 0 aliphatic rings. The molecule has 0 fully saturated rings. The number of rotatable bonds is 11. The molecule has 0 aliphatic carbocycles. The van der Waals surface area contributed by atoms with Gasteiger partial charge in [-0.1, -0.05) is 177 Å². The fraction of sp³-hybridized carbons (Fsp3) is 0.163. The summed E-state index contributed by atoms with van der Waals surface area (Å²) in [5.74, 6) is 0. The van der Waals surface area contributed by atoms with Crippen LogP contribution in [-0.4, -0.2) is 6.71 Å². The van der Waals surface area contributed by atoms with Crippen molar-refractivity contribution >= 4 is 34.2 Å². The Hall–Kier alpha value is -4.62. The van der Waals surface area contributed by atoms with Crippen molar-refractivity contribution in [3.05, 3.63) is 175 Å². The van der Waals surface area contributed by atoms with E-state index in [1.54, 1.807) is 0 Å². The molecule has 0 aliphatic heterocycles. The minimum Gasteiger partial charge on any atom is -0.0988 e. The minimum absolute atomic E-state index is 0.0463. The van der Waals surface area contributed by atoms with Gasteiger partial charge in [0.15, 0.2) is 0 Å². The predicted octanol–water partition coefficient (Wildman–Crippen LogP) is 10.2. The molecule has 222 valence electrons. The maximum atomic E-state index is 4.57. The van der Waals surface area contributed by atoms with Gasteiger partial charge in [0.1, 0.15) is 0 Å². The van der Waals surface area contributed by atoms with Gasteiger partial charge in [-0.3, -0.25) is 0 Å². The summed E-state index contributed by atoms with van der Waals surface area (Å²) < 4.78 is 0. The molecule has 4 aromatic rings. The number of hydrogen-bond donors (Lipinski definition) is 0. The highest BCUT2D eigenvalue weighted by Gasteiger charge is 2.31. The second-order valence-corrected chi connectivity index (χ2v) is 10.7. The molecular weight excluding hydrogens is 527 g/mol. The molecule has 0 bridgehead atoms. The molecule has 1 heteroatoms. The molecule has 0 heterocycles. The van der Waals surface area contributed by atoms with Crippen LogP contribution >= 0.6 is 0 Å². The van der Waals surface area contributed by atoms with Gasteiger partial charge in [0.25, 0.3) is 0 Å². The molecule has 0 atom stereocenters. The highest BCUT2D eigenvalue weighted by Crippen LogP contribution is 2.27. The Kier molecular flexibility index (Phi) is 13.0. The third-order valence-electron chi connectivity index (χ3n) is 7.96. The molecule has 0 amide bonds. The summed E-state index contributed by atoms with van der Waals surface area (Å²) in [6.45, 7) is 25.4. The SMILES string of the molecule is C=C/C(C)=C(\C=C)c1c(C)cccc1B(c1ccccc1C(=C)CC=C/C=C\C)c1cccc(C)c1-c1ccccc1.CC. The number of hydrogen-bond acceptors (Lipinski definition) is 0. The van der Waals surface area contributed by atoms with Crippen LogP contribution in [0.1, 0.15) is 56.4 Å². The Labute approximate surface area is 267 Å². The van der Waals surface area contributed by atoms with E-state index in [4.69, 9.17) is 0 Å². The number of aryl methyl sites for hydroxylation is 2. The van der Waals surface area contributed by atoms with Crippen LogP contribution in [-0.2, 0) is 0 Å². The van der Waals surface area contributed by atoms with Crippen LogP contribution in [0.15, 0.2) is 153 Å². The largest absolute Gasteiger partial charge is 0.243 e. The zero-order chi connectivity index (χ0) is 32.1. The number of benzene rings is 4. The van der Waals surface area contributed by atoms with E-state index in [0.717, 1.165) is 23.1 Å². The summed E-state index contributed by atoms with van der Waals surface area (Å²) in [6, 6.07) is 32.9. The molecule has 0 saturated carbocycles. The van der Waals surface area contributed by atoms with Gasteiger partial charge in [-0.15, -0.1) is 0 Å². The number of allylic oxidation sites excluding steroid dienone is 9. The van der Waals surface area contributed by atoms with E-state index in [1.807, 2.05) is 39.0 Å². The van der Waals surface area contributed by atoms with Crippen LogP contribution in [0, 0.1) is 13.8 Å². The van der Waals surface area contributed by atoms with E-state index in [2.05, 4.69) is 150 Å². The lowest BCUT2D eigenvalue weighted by atomic mass is 9.34. The topological polar surface area (TPSA) is 0 Å². The van der Waals surface area contributed by atoms with E-state index in [9.17, 15) is 0 Å². The van der Waals surface area contributed by atoms with Crippen molar-refractivity contribution in [1.82, 2.24) is 0 Å². The monoisotopic (exact) mass is 574 g/mol. The quantitative estimate of drug-likeness (QED) is 0.124. The normalized spacial score (nSPS) is 11.5. The predicted molar refractivity (Wildman–Crippen MR) is 201 cm³/mol. The Morgan fingerprint density at radius 3 is 1.98 bits per heavy atom. The van der Waals surface area contributed by atoms with Crippen molar-refractivity contribution < 1.29 is 0 Å². The van der Waals surface area contributed by atoms with Crippen molar-refractivity contribution in [2.45, 2.75) is 48.0 Å². The summed E-state index contributed by atoms with van der Waals surface area (Å²) >= 11 is 0. The third-order valence-corrected chi connectivity index (χ3v) is 7.96. The second-order valence-electron chi connectivity index (χ2n) is 10.7. The van der Waals surface area contributed by atoms with Crippen molar-refractivity contribution in [3.8, 4) is 11.1 Å². The lowest BCUT2D eigenvalue weighted by molar-refractivity contribution is 1.40. The molecule has 0 spiro atoms. The molecule has 0 saturated heterocycles. The van der Waals surface area contributed by atoms with Crippen molar-refractivity contribution in [3.63, 3.8) is 0 Å². The van der Waals surface area contributed by atoms with E-state index < -0.39 is 0 Å². The average Bonchev–Trinajstić information content (AvgIpc) is 3.06. The first-order valence-corrected chi connectivity index (χ1v) is 15.7. The summed E-state index contributed by atoms with van der Waals surface area (Å²) in [5.41, 5.74) is 14.5. The van der Waals surface area contributed by atoms with Gasteiger partial charge >= 0.3 is 0 Å². The molecule has 0 aromatic heterocycles. The fourth-order valence-corrected chi connectivity index (χ4v) is 5.88. The van der Waals surface area contributed by atoms with Crippen LogP contribution in [0.3, 0.4) is 0 Å². The van der Waals surface area contributed by atoms with Crippen LogP contribution in [0.5, 0.6) is 0 Å². The lowest BCUT2D eigenvalue weighted by Crippen LogP contribution is -2.55. The van der Waals surface area contributed by atoms with Gasteiger partial charge in [-0.05, 0) is 84.2 Å². The summed E-state index contributed by atoms with van der Waals surface area (Å²) in [6.07, 6.45) is 13.1. The van der Waals surface area contributed by atoms with E-state index in [-0.39, 0.29) is 6.71 Å². The van der Waals surface area contributed by atoms with Gasteiger partial charge in [0.05, 0.1) is 0 Å². The van der Waals surface area contributed by atoms with Crippen LogP contribution in [0.4, 0.5) is 0 Å². The Bertz CT molecular complexity index is 1680. The molecule has 0 radical (unpaired) electrons. The maximum absolute atomic E-state index is 4.57. The van der Waals surface area contributed by atoms with Crippen molar-refractivity contribution in [2.24, 2.45) is 0 Å². The summed E-state index contributed by atoms with van der Waals surface area (Å²) in [7, 11) is 0. The Balaban J connectivity index is 0.00000259. The smallest absolute Gasteiger partial charge is 0.0988 e. The first kappa shape index (κ1) is 33.9. The summed E-state index contributed by atoms with van der Waals surface area (Å²) in [4.78, 5) is 0. The minimum atomic E-state index is -0.0463. The molecule has 44 heavy (non-hydrogen) atoms. The highest BCUT2D eigenvalue weighted by atomic mass is 14.2. The highest BCUT2D eigenvalue weighted by molar-refractivity contribution is 6.97. The van der Waals surface area contributed by atoms with Gasteiger partial charge in [-0.2, -0.15) is 0 Å². The van der Waals surface area contributed by atoms with Crippen LogP contribution in [0.25, 0.3) is 22.3 Å². The zero-order valence-corrected chi connectivity index (χ0v) is 27.5. The van der Waals surface area contributed by atoms with E-state index >= 15 is 0 Å². The zero-order valence-electron chi connectivity index (χ0n) is 27.5. The molecule has 0 N–H and O–H groups in total. The van der Waals surface area contributed by atoms with Gasteiger partial charge in [0.2, 0.25) is 6.71 Å². The maximum Gasteiger partial charge on any atom is 0.243 e. The molecule has 4 rings (SSSR count). The third kappa shape index (κ3) is 7.66. The van der Waals surface area contributed by atoms with Crippen LogP contribution < -0.4 is 16.4 Å². The Morgan fingerprint density at radius 1 is 0.705 bits per heavy atom. The van der Waals surface area contributed by atoms with Crippen molar-refractivity contribution in [1.29, 1.82) is 0 Å². The first-order chi connectivity index (χ1) is 21.4. The Morgan fingerprint density at radius 2 is 1.32 bits per heavy atom. The standard InChI is InChI=1S/C41H41B.C2H6/c1-8-11-12-14-21-31(5)36-26-17-18-27-37(36)42(38-28-19-22-32(6)40(38)34-24-15-13-16-25-34)39-29-20-23-33(7)41(39)35(10-3)30(4)9-2;1-2/h8-20,22-29H,2-3,5,21H2,1,4,6-7H3;1-2H3/b11-8-,14-12?,35-30+;. The molecule has 4 aromatic carbocycles. The lowest BCUT2D eigenvalue weighted by Gasteiger charge is -2.27. The summed E-state index contributed by atoms with van der Waals surface area (Å²) in [5, 5.41) is 0. The molecule has 0 nitrogen and oxygen atoms in total. The van der Waals surface area contributed by atoms with Crippen molar-refractivity contribution in [2.75, 3.05) is 0 Å². The van der Waals surface area contributed by atoms with E-state index in [1.165, 1.54) is 49.8 Å². The first-order valence-electron chi connectivity index (χ1n) is 15.7. The second kappa shape index (κ2) is 16.9. The van der Waals surface area contributed by atoms with Crippen LogP contribution in [0.2, 0.25) is 0 Å². The van der Waals surface area contributed by atoms with Gasteiger partial charge in [-0.25, -0.2) is 0 Å². The van der Waals surface area contributed by atoms with Gasteiger partial charge in [0, 0.05) is 0 Å². The molecular formula is C43H47B. The average molecular weight is 575 g/mol. The molecule has 0 unspecified atom stereocenters. The van der Waals surface area contributed by atoms with Gasteiger partial charge < -0.3 is 0 Å². The van der Waals surface area contributed by atoms with E-state index in [0.29, 0.717) is 0 Å².